The van der Waals surface area contributed by atoms with Gasteiger partial charge in [-0.05, 0) is 0 Å². The summed E-state index contributed by atoms with van der Waals surface area (Å²) in [5, 5.41) is 0. The number of nitrogens with zero attached hydrogens (tertiary/aromatic N) is 2. The Bertz CT molecular complexity index is 207. The topological polar surface area (TPSA) is 32.7 Å². The third-order valence-electron chi connectivity index (χ3n) is 1.91. The molecule has 0 aliphatic heterocycles. The van der Waals surface area contributed by atoms with E-state index in [4.69, 9.17) is 0 Å². The fourth-order valence-electron chi connectivity index (χ4n) is 1.30. The van der Waals surface area contributed by atoms with Crippen LogP contribution in [0.25, 0.3) is 0 Å². The number of hydrogen-bond acceptors (Lipinski definition) is 2. The van der Waals surface area contributed by atoms with Crippen LogP contribution in [0.3, 0.4) is 0 Å². The summed E-state index contributed by atoms with van der Waals surface area (Å²) >= 11 is 0. The molecule has 0 rings (SSSR count). The molecule has 0 aromatic heterocycles. The average Bonchev–Trinajstić information content (AvgIpc) is 2.03. The quantitative estimate of drug-likeness (QED) is 0.475. The molecule has 0 unspecified atom stereocenters. The maximum Gasteiger partial charge on any atom is 0.230 e. The second-order valence-electron chi connectivity index (χ2n) is 3.79. The van der Waals surface area contributed by atoms with Crippen molar-refractivity contribution in [1.29, 1.82) is 0 Å². The molecule has 13 heavy (non-hydrogen) atoms. The SMILES string of the molecule is CN=C(C(C)C)N(C)C(=O)C(C)C. The molecular formula is C10H20N2O. The van der Waals surface area contributed by atoms with E-state index in [1.54, 1.807) is 19.0 Å². The van der Waals surface area contributed by atoms with Crippen LogP contribution in [0.2, 0.25) is 0 Å². The van der Waals surface area contributed by atoms with Crippen LogP contribution in [0.1, 0.15) is 27.7 Å². The zero-order chi connectivity index (χ0) is 10.6. The van der Waals surface area contributed by atoms with Gasteiger partial charge < -0.3 is 4.90 Å². The van der Waals surface area contributed by atoms with E-state index < -0.39 is 0 Å². The zero-order valence-corrected chi connectivity index (χ0v) is 9.46. The summed E-state index contributed by atoms with van der Waals surface area (Å²) in [5.74, 6) is 1.28. The fourth-order valence-corrected chi connectivity index (χ4v) is 1.30. The smallest absolute Gasteiger partial charge is 0.230 e. The van der Waals surface area contributed by atoms with E-state index in [0.29, 0.717) is 0 Å². The van der Waals surface area contributed by atoms with Crippen LogP contribution < -0.4 is 0 Å². The second-order valence-corrected chi connectivity index (χ2v) is 3.79. The number of carbonyl (C=O) groups is 1. The predicted octanol–water partition coefficient (Wildman–Crippen LogP) is 1.79. The highest BCUT2D eigenvalue weighted by molar-refractivity contribution is 5.99. The van der Waals surface area contributed by atoms with Crippen molar-refractivity contribution in [2.75, 3.05) is 14.1 Å². The Morgan fingerprint density at radius 3 is 1.85 bits per heavy atom. The molecule has 0 heterocycles. The minimum absolute atomic E-state index is 0.0282. The van der Waals surface area contributed by atoms with E-state index in [2.05, 4.69) is 4.99 Å². The third-order valence-corrected chi connectivity index (χ3v) is 1.91. The van der Waals surface area contributed by atoms with Gasteiger partial charge in [0.15, 0.2) is 0 Å². The molecule has 0 aliphatic rings. The Morgan fingerprint density at radius 1 is 1.15 bits per heavy atom. The van der Waals surface area contributed by atoms with Gasteiger partial charge in [-0.15, -0.1) is 0 Å². The maximum absolute atomic E-state index is 11.6. The maximum atomic E-state index is 11.6. The van der Waals surface area contributed by atoms with Crippen molar-refractivity contribution in [3.05, 3.63) is 0 Å². The van der Waals surface area contributed by atoms with Gasteiger partial charge >= 0.3 is 0 Å². The lowest BCUT2D eigenvalue weighted by atomic mass is 10.1. The molecular weight excluding hydrogens is 164 g/mol. The molecule has 0 aromatic carbocycles. The summed E-state index contributed by atoms with van der Waals surface area (Å²) in [4.78, 5) is 17.4. The highest BCUT2D eigenvalue weighted by Gasteiger charge is 2.19. The van der Waals surface area contributed by atoms with Gasteiger partial charge in [0.1, 0.15) is 5.84 Å². The Hall–Kier alpha value is -0.860. The highest BCUT2D eigenvalue weighted by atomic mass is 16.2. The first kappa shape index (κ1) is 12.1. The summed E-state index contributed by atoms with van der Waals surface area (Å²) in [6.07, 6.45) is 0. The molecule has 3 nitrogen and oxygen atoms in total. The van der Waals surface area contributed by atoms with Gasteiger partial charge in [-0.3, -0.25) is 9.79 Å². The van der Waals surface area contributed by atoms with Gasteiger partial charge in [-0.1, -0.05) is 27.7 Å². The van der Waals surface area contributed by atoms with Crippen molar-refractivity contribution in [2.24, 2.45) is 16.8 Å². The Morgan fingerprint density at radius 2 is 1.62 bits per heavy atom. The number of rotatable bonds is 2. The van der Waals surface area contributed by atoms with Gasteiger partial charge in [0.25, 0.3) is 0 Å². The van der Waals surface area contributed by atoms with Gasteiger partial charge in [0.2, 0.25) is 5.91 Å². The van der Waals surface area contributed by atoms with Gasteiger partial charge in [-0.25, -0.2) is 0 Å². The number of carbonyl (C=O) groups excluding carboxylic acids is 1. The molecule has 0 saturated heterocycles. The van der Waals surface area contributed by atoms with Crippen LogP contribution in [0.4, 0.5) is 0 Å². The molecule has 0 N–H and O–H groups in total. The standard InChI is InChI=1S/C10H20N2O/c1-7(2)9(11-5)12(6)10(13)8(3)4/h7-8H,1-6H3. The van der Waals surface area contributed by atoms with Crippen LogP contribution in [0, 0.1) is 11.8 Å². The summed E-state index contributed by atoms with van der Waals surface area (Å²) in [7, 11) is 3.50. The first-order valence-electron chi connectivity index (χ1n) is 4.66. The van der Waals surface area contributed by atoms with Crippen LogP contribution in [0.5, 0.6) is 0 Å². The second kappa shape index (κ2) is 5.00. The number of aliphatic imine (C=N–C) groups is 1. The van der Waals surface area contributed by atoms with E-state index in [9.17, 15) is 4.79 Å². The first-order valence-corrected chi connectivity index (χ1v) is 4.66. The summed E-state index contributed by atoms with van der Waals surface area (Å²) in [6.45, 7) is 7.86. The number of amides is 1. The highest BCUT2D eigenvalue weighted by Crippen LogP contribution is 2.06. The minimum atomic E-state index is 0.0282. The van der Waals surface area contributed by atoms with Crippen LogP contribution in [-0.4, -0.2) is 30.7 Å². The monoisotopic (exact) mass is 184 g/mol. The van der Waals surface area contributed by atoms with Crippen LogP contribution in [0.15, 0.2) is 4.99 Å². The minimum Gasteiger partial charge on any atom is -0.303 e. The molecule has 0 saturated carbocycles. The largest absolute Gasteiger partial charge is 0.303 e. The van der Waals surface area contributed by atoms with Gasteiger partial charge in [-0.2, -0.15) is 0 Å². The molecule has 0 bridgehead atoms. The van der Waals surface area contributed by atoms with Crippen LogP contribution in [-0.2, 0) is 4.79 Å². The predicted molar refractivity (Wildman–Crippen MR) is 55.8 cm³/mol. The summed E-state index contributed by atoms with van der Waals surface area (Å²) in [5.41, 5.74) is 0. The van der Waals surface area contributed by atoms with Gasteiger partial charge in [0.05, 0.1) is 0 Å². The Balaban J connectivity index is 4.57. The summed E-state index contributed by atoms with van der Waals surface area (Å²) < 4.78 is 0. The van der Waals surface area contributed by atoms with Crippen molar-refractivity contribution in [3.63, 3.8) is 0 Å². The average molecular weight is 184 g/mol. The molecule has 76 valence electrons. The van der Waals surface area contributed by atoms with Crippen molar-refractivity contribution in [3.8, 4) is 0 Å². The number of hydrogen-bond donors (Lipinski definition) is 0. The van der Waals surface area contributed by atoms with Gasteiger partial charge in [0, 0.05) is 25.9 Å². The van der Waals surface area contributed by atoms with E-state index in [1.807, 2.05) is 27.7 Å². The van der Waals surface area contributed by atoms with Crippen LogP contribution >= 0.6 is 0 Å². The van der Waals surface area contributed by atoms with E-state index in [1.165, 1.54) is 0 Å². The molecule has 0 fully saturated rings. The van der Waals surface area contributed by atoms with E-state index in [-0.39, 0.29) is 17.7 Å². The molecule has 0 atom stereocenters. The molecule has 0 aliphatic carbocycles. The lowest BCUT2D eigenvalue weighted by Crippen LogP contribution is -2.38. The molecule has 3 heteroatoms. The van der Waals surface area contributed by atoms with Crippen molar-refractivity contribution in [2.45, 2.75) is 27.7 Å². The van der Waals surface area contributed by atoms with Crippen molar-refractivity contribution in [1.82, 2.24) is 4.90 Å². The lowest BCUT2D eigenvalue weighted by Gasteiger charge is -2.23. The zero-order valence-electron chi connectivity index (χ0n) is 9.46. The van der Waals surface area contributed by atoms with E-state index >= 15 is 0 Å². The summed E-state index contributed by atoms with van der Waals surface area (Å²) in [6, 6.07) is 0. The molecule has 0 aromatic rings. The molecule has 1 amide bonds. The van der Waals surface area contributed by atoms with Crippen molar-refractivity contribution >= 4 is 11.7 Å². The van der Waals surface area contributed by atoms with Crippen molar-refractivity contribution < 1.29 is 4.79 Å². The number of amidine groups is 1. The van der Waals surface area contributed by atoms with E-state index in [0.717, 1.165) is 5.84 Å². The fraction of sp³-hybridized carbons (Fsp3) is 0.800. The third kappa shape index (κ3) is 3.17. The Kier molecular flexibility index (Phi) is 4.67. The molecule has 0 radical (unpaired) electrons. The molecule has 0 spiro atoms. The normalized spacial score (nSPS) is 12.5. The Labute approximate surface area is 80.8 Å². The lowest BCUT2D eigenvalue weighted by molar-refractivity contribution is -0.129. The first-order chi connectivity index (χ1) is 5.91.